The maximum absolute atomic E-state index is 12.6. The highest BCUT2D eigenvalue weighted by Gasteiger charge is 2.51. The molecule has 1 unspecified atom stereocenters. The van der Waals surface area contributed by atoms with Gasteiger partial charge in [-0.3, -0.25) is 19.3 Å². The summed E-state index contributed by atoms with van der Waals surface area (Å²) in [6.45, 7) is 8.16. The number of carboxylic acid groups (broad SMARTS) is 1. The van der Waals surface area contributed by atoms with Gasteiger partial charge in [-0.1, -0.05) is 6.07 Å². The molecule has 8 heteroatoms. The zero-order valence-corrected chi connectivity index (χ0v) is 19.0. The van der Waals surface area contributed by atoms with Crippen molar-refractivity contribution in [3.05, 3.63) is 29.3 Å². The molecule has 1 spiro atoms. The number of likely N-dealkylation sites (tertiary alicyclic amines) is 2. The van der Waals surface area contributed by atoms with E-state index in [2.05, 4.69) is 11.8 Å². The van der Waals surface area contributed by atoms with Crippen molar-refractivity contribution in [3.63, 3.8) is 0 Å². The van der Waals surface area contributed by atoms with Gasteiger partial charge in [0.25, 0.3) is 12.4 Å². The van der Waals surface area contributed by atoms with E-state index in [9.17, 15) is 9.59 Å². The Kier molecular flexibility index (Phi) is 8.12. The van der Waals surface area contributed by atoms with E-state index >= 15 is 0 Å². The predicted octanol–water partition coefficient (Wildman–Crippen LogP) is 2.40. The molecule has 3 saturated heterocycles. The number of amides is 1. The van der Waals surface area contributed by atoms with Crippen LogP contribution in [0.4, 0.5) is 0 Å². The average Bonchev–Trinajstić information content (AvgIpc) is 3.38. The van der Waals surface area contributed by atoms with Gasteiger partial charge in [0, 0.05) is 26.1 Å². The van der Waals surface area contributed by atoms with Gasteiger partial charge >= 0.3 is 5.97 Å². The fourth-order valence-electron chi connectivity index (χ4n) is 4.82. The summed E-state index contributed by atoms with van der Waals surface area (Å²) in [6, 6.07) is 5.86. The van der Waals surface area contributed by atoms with Gasteiger partial charge in [0.1, 0.15) is 11.9 Å². The van der Waals surface area contributed by atoms with Crippen LogP contribution in [-0.4, -0.2) is 78.7 Å². The van der Waals surface area contributed by atoms with Crippen LogP contribution >= 0.6 is 0 Å². The molecule has 0 radical (unpaired) electrons. The average molecular weight is 447 g/mol. The third kappa shape index (κ3) is 5.79. The number of aryl methyl sites for hydroxylation is 2. The van der Waals surface area contributed by atoms with E-state index in [-0.39, 0.29) is 31.1 Å². The van der Waals surface area contributed by atoms with Crippen molar-refractivity contribution in [1.29, 1.82) is 0 Å². The number of hydrogen-bond acceptors (Lipinski definition) is 6. The van der Waals surface area contributed by atoms with Crippen molar-refractivity contribution in [2.75, 3.05) is 39.3 Å². The molecule has 0 aliphatic carbocycles. The molecule has 3 aliphatic rings. The summed E-state index contributed by atoms with van der Waals surface area (Å²) in [5.41, 5.74) is 1.96. The number of nitrogens with zero attached hydrogens (tertiary/aromatic N) is 2. The molecule has 0 saturated carbocycles. The van der Waals surface area contributed by atoms with E-state index in [1.807, 2.05) is 30.0 Å². The summed E-state index contributed by atoms with van der Waals surface area (Å²) >= 11 is 0. The molecule has 3 fully saturated rings. The standard InChI is InChI=1S/C23H32N2O4.CH2O2/c1-17-5-6-19(13-18(17)2)28-16-21(26)25-11-7-23(8-12-25)14-20(29-22(23)27)15-24-9-3-4-10-24;2-1-3/h5-6,13,20H,3-4,7-12,14-16H2,1-2H3;1H,(H,2,3). The first-order chi connectivity index (χ1) is 15.4. The molecule has 176 valence electrons. The number of carbonyl (C=O) groups is 3. The highest BCUT2D eigenvalue weighted by Crippen LogP contribution is 2.43. The lowest BCUT2D eigenvalue weighted by Gasteiger charge is -2.36. The first-order valence-electron chi connectivity index (χ1n) is 11.4. The van der Waals surface area contributed by atoms with Gasteiger partial charge < -0.3 is 19.5 Å². The number of hydrogen-bond donors (Lipinski definition) is 1. The van der Waals surface area contributed by atoms with Crippen LogP contribution in [0.15, 0.2) is 18.2 Å². The summed E-state index contributed by atoms with van der Waals surface area (Å²) in [6.07, 6.45) is 4.68. The van der Waals surface area contributed by atoms with Crippen molar-refractivity contribution in [2.24, 2.45) is 5.41 Å². The quantitative estimate of drug-likeness (QED) is 0.548. The zero-order chi connectivity index (χ0) is 23.1. The minimum Gasteiger partial charge on any atom is -0.484 e. The lowest BCUT2D eigenvalue weighted by Crippen LogP contribution is -2.46. The van der Waals surface area contributed by atoms with Gasteiger partial charge in [-0.2, -0.15) is 0 Å². The van der Waals surface area contributed by atoms with E-state index in [0.29, 0.717) is 25.9 Å². The number of cyclic esters (lactones) is 1. The lowest BCUT2D eigenvalue weighted by molar-refractivity contribution is -0.153. The highest BCUT2D eigenvalue weighted by molar-refractivity contribution is 5.81. The SMILES string of the molecule is Cc1ccc(OCC(=O)N2CCC3(CC2)CC(CN2CCCC2)OC3=O)cc1C.O=CO. The van der Waals surface area contributed by atoms with Crippen molar-refractivity contribution in [2.45, 2.75) is 52.1 Å². The number of ether oxygens (including phenoxy) is 2. The first-order valence-corrected chi connectivity index (χ1v) is 11.4. The van der Waals surface area contributed by atoms with Crippen LogP contribution in [0.2, 0.25) is 0 Å². The van der Waals surface area contributed by atoms with Crippen molar-refractivity contribution in [1.82, 2.24) is 9.80 Å². The molecular formula is C24H34N2O6. The molecule has 4 rings (SSSR count). The molecule has 3 heterocycles. The normalized spacial score (nSPS) is 22.2. The molecule has 1 aromatic rings. The minimum absolute atomic E-state index is 0.0101. The van der Waals surface area contributed by atoms with Crippen LogP contribution in [0.1, 0.15) is 43.2 Å². The lowest BCUT2D eigenvalue weighted by atomic mass is 9.76. The molecule has 1 aromatic carbocycles. The summed E-state index contributed by atoms with van der Waals surface area (Å²) < 4.78 is 11.4. The number of benzene rings is 1. The second-order valence-electron chi connectivity index (χ2n) is 9.04. The van der Waals surface area contributed by atoms with Crippen molar-refractivity contribution in [3.8, 4) is 5.75 Å². The summed E-state index contributed by atoms with van der Waals surface area (Å²) in [5, 5.41) is 6.89. The Hall–Kier alpha value is -2.61. The maximum atomic E-state index is 12.6. The minimum atomic E-state index is -0.393. The fraction of sp³-hybridized carbons (Fsp3) is 0.625. The van der Waals surface area contributed by atoms with Gasteiger partial charge in [0.05, 0.1) is 5.41 Å². The Morgan fingerprint density at radius 3 is 2.47 bits per heavy atom. The van der Waals surface area contributed by atoms with Crippen molar-refractivity contribution >= 4 is 18.3 Å². The van der Waals surface area contributed by atoms with Crippen LogP contribution in [-0.2, 0) is 19.1 Å². The molecule has 1 N–H and O–H groups in total. The largest absolute Gasteiger partial charge is 0.484 e. The molecule has 3 aliphatic heterocycles. The topological polar surface area (TPSA) is 96.4 Å². The van der Waals surface area contributed by atoms with Crippen LogP contribution in [0.3, 0.4) is 0 Å². The molecule has 1 amide bonds. The van der Waals surface area contributed by atoms with Gasteiger partial charge in [0.2, 0.25) is 0 Å². The number of esters is 1. The third-order valence-electron chi connectivity index (χ3n) is 6.90. The summed E-state index contributed by atoms with van der Waals surface area (Å²) in [5.74, 6) is 0.650. The Morgan fingerprint density at radius 2 is 1.84 bits per heavy atom. The molecular weight excluding hydrogens is 412 g/mol. The van der Waals surface area contributed by atoms with Crippen LogP contribution in [0, 0.1) is 19.3 Å². The van der Waals surface area contributed by atoms with E-state index < -0.39 is 5.41 Å². The van der Waals surface area contributed by atoms with Gasteiger partial charge in [-0.15, -0.1) is 0 Å². The van der Waals surface area contributed by atoms with Crippen LogP contribution < -0.4 is 4.74 Å². The van der Waals surface area contributed by atoms with Crippen LogP contribution in [0.5, 0.6) is 5.75 Å². The Morgan fingerprint density at radius 1 is 1.19 bits per heavy atom. The van der Waals surface area contributed by atoms with E-state index in [0.717, 1.165) is 37.4 Å². The smallest absolute Gasteiger partial charge is 0.312 e. The molecule has 8 nitrogen and oxygen atoms in total. The second-order valence-corrected chi connectivity index (χ2v) is 9.04. The number of rotatable bonds is 5. The Balaban J connectivity index is 0.000000913. The van der Waals surface area contributed by atoms with E-state index in [1.165, 1.54) is 18.4 Å². The molecule has 32 heavy (non-hydrogen) atoms. The predicted molar refractivity (Wildman–Crippen MR) is 119 cm³/mol. The Bertz CT molecular complexity index is 813. The first kappa shape index (κ1) is 24.0. The summed E-state index contributed by atoms with van der Waals surface area (Å²) in [4.78, 5) is 37.8. The summed E-state index contributed by atoms with van der Waals surface area (Å²) in [7, 11) is 0. The fourth-order valence-corrected chi connectivity index (χ4v) is 4.82. The third-order valence-corrected chi connectivity index (χ3v) is 6.90. The number of piperidine rings is 1. The van der Waals surface area contributed by atoms with Crippen LogP contribution in [0.25, 0.3) is 0 Å². The highest BCUT2D eigenvalue weighted by atomic mass is 16.6. The zero-order valence-electron chi connectivity index (χ0n) is 19.0. The van der Waals surface area contributed by atoms with Gasteiger partial charge in [-0.05, 0) is 75.9 Å². The maximum Gasteiger partial charge on any atom is 0.312 e. The molecule has 0 aromatic heterocycles. The monoisotopic (exact) mass is 446 g/mol. The second kappa shape index (κ2) is 10.8. The molecule has 0 bridgehead atoms. The van der Waals surface area contributed by atoms with E-state index in [4.69, 9.17) is 19.4 Å². The van der Waals surface area contributed by atoms with E-state index in [1.54, 1.807) is 0 Å². The van der Waals surface area contributed by atoms with Crippen molar-refractivity contribution < 1.29 is 29.0 Å². The van der Waals surface area contributed by atoms with Gasteiger partial charge in [0.15, 0.2) is 6.61 Å². The number of carbonyl (C=O) groups excluding carboxylic acids is 2. The van der Waals surface area contributed by atoms with Gasteiger partial charge in [-0.25, -0.2) is 0 Å². The Labute approximate surface area is 189 Å². The molecule has 1 atom stereocenters.